The molecule has 3 amide bonds. The molecule has 1 saturated heterocycles. The summed E-state index contributed by atoms with van der Waals surface area (Å²) in [7, 11) is 1.56. The molecule has 4 rings (SSSR count). The van der Waals surface area contributed by atoms with Crippen molar-refractivity contribution in [1.29, 1.82) is 0 Å². The summed E-state index contributed by atoms with van der Waals surface area (Å²) in [6.07, 6.45) is 4.42. The number of carbonyl (C=O) groups excluding carboxylic acids is 3. The number of carbonyl (C=O) groups is 3. The third-order valence-corrected chi connectivity index (χ3v) is 5.46. The van der Waals surface area contributed by atoms with E-state index in [9.17, 15) is 14.4 Å². The normalized spacial score (nSPS) is 23.1. The molecule has 0 radical (unpaired) electrons. The molecular weight excluding hydrogens is 368 g/mol. The number of amides is 3. The molecule has 1 fully saturated rings. The van der Waals surface area contributed by atoms with Crippen LogP contribution in [0.1, 0.15) is 12.0 Å². The van der Waals surface area contributed by atoms with Crippen LogP contribution in [-0.4, -0.2) is 30.9 Å². The fourth-order valence-electron chi connectivity index (χ4n) is 4.03. The number of allylic oxidation sites excluding steroid dienone is 1. The van der Waals surface area contributed by atoms with E-state index in [1.165, 1.54) is 4.90 Å². The van der Waals surface area contributed by atoms with Crippen molar-refractivity contribution >= 4 is 23.4 Å². The Morgan fingerprint density at radius 3 is 2.48 bits per heavy atom. The molecule has 148 valence electrons. The maximum atomic E-state index is 13.1. The Labute approximate surface area is 169 Å². The largest absolute Gasteiger partial charge is 0.497 e. The van der Waals surface area contributed by atoms with Gasteiger partial charge in [-0.25, -0.2) is 4.90 Å². The van der Waals surface area contributed by atoms with Gasteiger partial charge in [0.05, 0.1) is 37.1 Å². The number of rotatable bonds is 5. The van der Waals surface area contributed by atoms with E-state index in [-0.39, 0.29) is 24.1 Å². The monoisotopic (exact) mass is 390 g/mol. The number of methoxy groups -OCH3 is 1. The zero-order valence-corrected chi connectivity index (χ0v) is 16.1. The number of nitrogens with zero attached hydrogens (tertiary/aromatic N) is 1. The number of fused-ring (bicyclic) bond motifs is 1. The second-order valence-electron chi connectivity index (χ2n) is 7.26. The van der Waals surface area contributed by atoms with Gasteiger partial charge in [0, 0.05) is 0 Å². The van der Waals surface area contributed by atoms with Crippen LogP contribution in [0, 0.1) is 11.8 Å². The lowest BCUT2D eigenvalue weighted by molar-refractivity contribution is -0.124. The SMILES string of the molecule is COc1ccc(N2C(=O)[C@@H]3[C@H](NC(=O)Cc4ccccc4)C=CC[C@H]3C2=O)cc1. The van der Waals surface area contributed by atoms with Gasteiger partial charge in [0.2, 0.25) is 17.7 Å². The zero-order chi connectivity index (χ0) is 20.4. The summed E-state index contributed by atoms with van der Waals surface area (Å²) in [5, 5.41) is 2.93. The highest BCUT2D eigenvalue weighted by atomic mass is 16.5. The van der Waals surface area contributed by atoms with Crippen LogP contribution >= 0.6 is 0 Å². The molecule has 0 spiro atoms. The van der Waals surface area contributed by atoms with Gasteiger partial charge in [-0.1, -0.05) is 42.5 Å². The first-order valence-corrected chi connectivity index (χ1v) is 9.60. The first-order chi connectivity index (χ1) is 14.1. The van der Waals surface area contributed by atoms with E-state index in [2.05, 4.69) is 5.32 Å². The van der Waals surface area contributed by atoms with Gasteiger partial charge < -0.3 is 10.1 Å². The molecule has 0 bridgehead atoms. The predicted octanol–water partition coefficient (Wildman–Crippen LogP) is 2.49. The highest BCUT2D eigenvalue weighted by Gasteiger charge is 2.52. The molecule has 0 saturated carbocycles. The Balaban J connectivity index is 1.52. The van der Waals surface area contributed by atoms with Gasteiger partial charge >= 0.3 is 0 Å². The smallest absolute Gasteiger partial charge is 0.240 e. The first-order valence-electron chi connectivity index (χ1n) is 9.60. The van der Waals surface area contributed by atoms with E-state index in [1.807, 2.05) is 42.5 Å². The molecule has 2 aliphatic rings. The number of imide groups is 1. The minimum Gasteiger partial charge on any atom is -0.497 e. The topological polar surface area (TPSA) is 75.7 Å². The van der Waals surface area contributed by atoms with Crippen molar-refractivity contribution in [2.24, 2.45) is 11.8 Å². The lowest BCUT2D eigenvalue weighted by Crippen LogP contribution is -2.45. The molecule has 1 aliphatic heterocycles. The van der Waals surface area contributed by atoms with E-state index in [0.29, 0.717) is 17.9 Å². The van der Waals surface area contributed by atoms with E-state index in [0.717, 1.165) is 5.56 Å². The Morgan fingerprint density at radius 1 is 1.07 bits per heavy atom. The number of benzene rings is 2. The predicted molar refractivity (Wildman–Crippen MR) is 108 cm³/mol. The van der Waals surface area contributed by atoms with Gasteiger partial charge in [-0.15, -0.1) is 0 Å². The number of hydrogen-bond acceptors (Lipinski definition) is 4. The second kappa shape index (κ2) is 7.91. The third kappa shape index (κ3) is 3.66. The van der Waals surface area contributed by atoms with Gasteiger partial charge in [-0.2, -0.15) is 0 Å². The molecule has 2 aromatic carbocycles. The third-order valence-electron chi connectivity index (χ3n) is 5.46. The van der Waals surface area contributed by atoms with Crippen LogP contribution in [0.3, 0.4) is 0 Å². The highest BCUT2D eigenvalue weighted by molar-refractivity contribution is 6.22. The standard InChI is InChI=1S/C23H22N2O4/c1-29-17-12-10-16(11-13-17)25-22(27)18-8-5-9-19(21(18)23(25)28)24-20(26)14-15-6-3-2-4-7-15/h2-7,9-13,18-19,21H,8,14H2,1H3,(H,24,26)/t18-,19-,21+/m1/s1. The van der Waals surface area contributed by atoms with E-state index < -0.39 is 17.9 Å². The van der Waals surface area contributed by atoms with Gasteiger partial charge in [0.15, 0.2) is 0 Å². The Kier molecular flexibility index (Phi) is 5.16. The van der Waals surface area contributed by atoms with Crippen LogP contribution in [0.5, 0.6) is 5.75 Å². The van der Waals surface area contributed by atoms with Crippen molar-refractivity contribution in [2.45, 2.75) is 18.9 Å². The number of nitrogens with one attached hydrogen (secondary N) is 1. The Morgan fingerprint density at radius 2 is 1.79 bits per heavy atom. The van der Waals surface area contributed by atoms with Crippen LogP contribution in [-0.2, 0) is 20.8 Å². The summed E-state index contributed by atoms with van der Waals surface area (Å²) in [5.41, 5.74) is 1.42. The summed E-state index contributed by atoms with van der Waals surface area (Å²) < 4.78 is 5.14. The van der Waals surface area contributed by atoms with Crippen LogP contribution in [0.15, 0.2) is 66.7 Å². The molecule has 2 aromatic rings. The van der Waals surface area contributed by atoms with Crippen molar-refractivity contribution in [3.8, 4) is 5.75 Å². The number of ether oxygens (including phenoxy) is 1. The number of anilines is 1. The second-order valence-corrected chi connectivity index (χ2v) is 7.26. The first kappa shape index (κ1) is 18.9. The van der Waals surface area contributed by atoms with Crippen LogP contribution < -0.4 is 15.0 Å². The molecule has 6 nitrogen and oxygen atoms in total. The highest BCUT2D eigenvalue weighted by Crippen LogP contribution is 2.38. The molecule has 1 heterocycles. The molecule has 6 heteroatoms. The molecule has 3 atom stereocenters. The molecule has 0 aromatic heterocycles. The van der Waals surface area contributed by atoms with Crippen molar-refractivity contribution in [2.75, 3.05) is 12.0 Å². The lowest BCUT2D eigenvalue weighted by Gasteiger charge is -2.27. The Bertz CT molecular complexity index is 953. The average Bonchev–Trinajstić information content (AvgIpc) is 3.00. The maximum absolute atomic E-state index is 13.1. The van der Waals surface area contributed by atoms with Crippen molar-refractivity contribution in [1.82, 2.24) is 5.32 Å². The molecule has 29 heavy (non-hydrogen) atoms. The van der Waals surface area contributed by atoms with Crippen molar-refractivity contribution in [3.63, 3.8) is 0 Å². The quantitative estimate of drug-likeness (QED) is 0.629. The fraction of sp³-hybridized carbons (Fsp3) is 0.261. The van der Waals surface area contributed by atoms with Crippen LogP contribution in [0.2, 0.25) is 0 Å². The van der Waals surface area contributed by atoms with Crippen LogP contribution in [0.25, 0.3) is 0 Å². The molecule has 1 aliphatic carbocycles. The number of hydrogen-bond donors (Lipinski definition) is 1. The van der Waals surface area contributed by atoms with Crippen molar-refractivity contribution in [3.05, 3.63) is 72.3 Å². The summed E-state index contributed by atoms with van der Waals surface area (Å²) in [6.45, 7) is 0. The minimum absolute atomic E-state index is 0.172. The minimum atomic E-state index is -0.589. The van der Waals surface area contributed by atoms with E-state index in [1.54, 1.807) is 31.4 Å². The summed E-state index contributed by atoms with van der Waals surface area (Å²) in [6, 6.07) is 15.8. The molecule has 0 unspecified atom stereocenters. The maximum Gasteiger partial charge on any atom is 0.240 e. The van der Waals surface area contributed by atoms with E-state index >= 15 is 0 Å². The molecule has 1 N–H and O–H groups in total. The fourth-order valence-corrected chi connectivity index (χ4v) is 4.03. The Hall–Kier alpha value is -3.41. The average molecular weight is 390 g/mol. The molecular formula is C23H22N2O4. The van der Waals surface area contributed by atoms with Crippen molar-refractivity contribution < 1.29 is 19.1 Å². The van der Waals surface area contributed by atoms with Gasteiger partial charge in [0.1, 0.15) is 5.75 Å². The summed E-state index contributed by atoms with van der Waals surface area (Å²) in [5.74, 6) is -1.07. The van der Waals surface area contributed by atoms with Gasteiger partial charge in [0.25, 0.3) is 0 Å². The summed E-state index contributed by atoms with van der Waals surface area (Å²) >= 11 is 0. The van der Waals surface area contributed by atoms with Gasteiger partial charge in [-0.05, 0) is 36.2 Å². The van der Waals surface area contributed by atoms with Crippen LogP contribution in [0.4, 0.5) is 5.69 Å². The lowest BCUT2D eigenvalue weighted by atomic mass is 9.81. The van der Waals surface area contributed by atoms with Gasteiger partial charge in [-0.3, -0.25) is 14.4 Å². The van der Waals surface area contributed by atoms with E-state index in [4.69, 9.17) is 4.74 Å². The zero-order valence-electron chi connectivity index (χ0n) is 16.1. The summed E-state index contributed by atoms with van der Waals surface area (Å²) in [4.78, 5) is 39.8.